The van der Waals surface area contributed by atoms with E-state index in [4.69, 9.17) is 0 Å². The smallest absolute Gasteiger partial charge is 0.248 e. The zero-order valence-electron chi connectivity index (χ0n) is 12.6. The van der Waals surface area contributed by atoms with Gasteiger partial charge in [-0.15, -0.1) is 11.8 Å². The van der Waals surface area contributed by atoms with Gasteiger partial charge in [0.25, 0.3) is 0 Å². The SMILES string of the molecule is CSC=CC(=O)N1CCCC1NC(=O)C=Cc1ccccc1. The van der Waals surface area contributed by atoms with Crippen molar-refractivity contribution in [2.45, 2.75) is 19.0 Å². The Hall–Kier alpha value is -2.01. The van der Waals surface area contributed by atoms with Crippen molar-refractivity contribution >= 4 is 29.7 Å². The van der Waals surface area contributed by atoms with E-state index in [9.17, 15) is 9.59 Å². The molecule has 1 aliphatic rings. The Morgan fingerprint density at radius 2 is 2.05 bits per heavy atom. The molecular formula is C17H20N2O2S. The third-order valence-corrected chi connectivity index (χ3v) is 3.83. The summed E-state index contributed by atoms with van der Waals surface area (Å²) in [4.78, 5) is 25.7. The summed E-state index contributed by atoms with van der Waals surface area (Å²) in [6, 6.07) is 9.65. The van der Waals surface area contributed by atoms with E-state index in [2.05, 4.69) is 5.32 Å². The second-order valence-corrected chi connectivity index (χ2v) is 5.72. The highest BCUT2D eigenvalue weighted by Gasteiger charge is 2.27. The molecule has 1 saturated heterocycles. The predicted octanol–water partition coefficient (Wildman–Crippen LogP) is 2.64. The molecule has 1 N–H and O–H groups in total. The summed E-state index contributed by atoms with van der Waals surface area (Å²) >= 11 is 1.48. The lowest BCUT2D eigenvalue weighted by atomic mass is 10.2. The standard InChI is InChI=1S/C17H20N2O2S/c1-22-13-11-17(21)19-12-5-8-15(19)18-16(20)10-9-14-6-3-2-4-7-14/h2-4,6-7,9-11,13,15H,5,8,12H2,1H3,(H,18,20). The van der Waals surface area contributed by atoms with Crippen LogP contribution in [0.15, 0.2) is 47.9 Å². The molecule has 0 radical (unpaired) electrons. The minimum absolute atomic E-state index is 0.0517. The van der Waals surface area contributed by atoms with Crippen LogP contribution in [-0.4, -0.2) is 35.7 Å². The fourth-order valence-electron chi connectivity index (χ4n) is 2.35. The van der Waals surface area contributed by atoms with E-state index in [1.165, 1.54) is 17.8 Å². The molecule has 1 aromatic rings. The molecule has 1 fully saturated rings. The van der Waals surface area contributed by atoms with Crippen molar-refractivity contribution in [1.29, 1.82) is 0 Å². The van der Waals surface area contributed by atoms with Crippen LogP contribution in [0.1, 0.15) is 18.4 Å². The number of hydrogen-bond acceptors (Lipinski definition) is 3. The third-order valence-electron chi connectivity index (χ3n) is 3.42. The minimum Gasteiger partial charge on any atom is -0.332 e. The first kappa shape index (κ1) is 16.4. The van der Waals surface area contributed by atoms with E-state index in [1.807, 2.05) is 36.6 Å². The average Bonchev–Trinajstić information content (AvgIpc) is 3.00. The van der Waals surface area contributed by atoms with Crippen molar-refractivity contribution in [3.63, 3.8) is 0 Å². The quantitative estimate of drug-likeness (QED) is 0.850. The molecule has 1 aliphatic heterocycles. The molecule has 1 heterocycles. The highest BCUT2D eigenvalue weighted by atomic mass is 32.2. The average molecular weight is 316 g/mol. The number of nitrogens with one attached hydrogen (secondary N) is 1. The molecule has 2 rings (SSSR count). The molecule has 1 atom stereocenters. The van der Waals surface area contributed by atoms with Crippen molar-refractivity contribution < 1.29 is 9.59 Å². The van der Waals surface area contributed by atoms with Crippen molar-refractivity contribution in [1.82, 2.24) is 10.2 Å². The maximum Gasteiger partial charge on any atom is 0.248 e. The monoisotopic (exact) mass is 316 g/mol. The number of benzene rings is 1. The van der Waals surface area contributed by atoms with Crippen LogP contribution in [0, 0.1) is 0 Å². The van der Waals surface area contributed by atoms with Gasteiger partial charge in [-0.2, -0.15) is 0 Å². The van der Waals surface area contributed by atoms with Crippen molar-refractivity contribution in [3.05, 3.63) is 53.5 Å². The van der Waals surface area contributed by atoms with Gasteiger partial charge >= 0.3 is 0 Å². The summed E-state index contributed by atoms with van der Waals surface area (Å²) in [5, 5.41) is 4.65. The van der Waals surface area contributed by atoms with Crippen molar-refractivity contribution in [2.24, 2.45) is 0 Å². The van der Waals surface area contributed by atoms with Crippen LogP contribution in [0.4, 0.5) is 0 Å². The van der Waals surface area contributed by atoms with Crippen LogP contribution in [0.5, 0.6) is 0 Å². The minimum atomic E-state index is -0.216. The Morgan fingerprint density at radius 1 is 1.27 bits per heavy atom. The molecule has 2 amide bonds. The van der Waals surface area contributed by atoms with Gasteiger partial charge in [0.1, 0.15) is 6.17 Å². The van der Waals surface area contributed by atoms with Crippen molar-refractivity contribution in [2.75, 3.05) is 12.8 Å². The molecule has 22 heavy (non-hydrogen) atoms. The molecular weight excluding hydrogens is 296 g/mol. The largest absolute Gasteiger partial charge is 0.332 e. The summed E-state index contributed by atoms with van der Waals surface area (Å²) in [7, 11) is 0. The first-order valence-corrected chi connectivity index (χ1v) is 8.53. The maximum absolute atomic E-state index is 12.0. The van der Waals surface area contributed by atoms with Crippen LogP contribution in [0.2, 0.25) is 0 Å². The Bertz CT molecular complexity index is 569. The molecule has 0 aromatic heterocycles. The topological polar surface area (TPSA) is 49.4 Å². The van der Waals surface area contributed by atoms with E-state index >= 15 is 0 Å². The van der Waals surface area contributed by atoms with Gasteiger partial charge < -0.3 is 10.2 Å². The molecule has 0 saturated carbocycles. The van der Waals surface area contributed by atoms with E-state index < -0.39 is 0 Å². The van der Waals surface area contributed by atoms with Gasteiger partial charge in [-0.05, 0) is 36.1 Å². The summed E-state index contributed by atoms with van der Waals surface area (Å²) in [6.45, 7) is 0.685. The highest BCUT2D eigenvalue weighted by Crippen LogP contribution is 2.16. The molecule has 1 unspecified atom stereocenters. The second-order valence-electron chi connectivity index (χ2n) is 4.98. The highest BCUT2D eigenvalue weighted by molar-refractivity contribution is 8.01. The zero-order chi connectivity index (χ0) is 15.8. The van der Waals surface area contributed by atoms with Crippen LogP contribution >= 0.6 is 11.8 Å². The van der Waals surface area contributed by atoms with Gasteiger partial charge in [0.15, 0.2) is 0 Å². The molecule has 0 spiro atoms. The summed E-state index contributed by atoms with van der Waals surface area (Å²) in [5.74, 6) is -0.230. The summed E-state index contributed by atoms with van der Waals surface area (Å²) < 4.78 is 0. The normalized spacial score (nSPS) is 18.2. The zero-order valence-corrected chi connectivity index (χ0v) is 13.4. The predicted molar refractivity (Wildman–Crippen MR) is 91.0 cm³/mol. The van der Waals surface area contributed by atoms with Crippen LogP contribution in [0.3, 0.4) is 0 Å². The van der Waals surface area contributed by atoms with E-state index in [0.717, 1.165) is 18.4 Å². The van der Waals surface area contributed by atoms with Gasteiger partial charge in [0, 0.05) is 18.7 Å². The van der Waals surface area contributed by atoms with Crippen molar-refractivity contribution in [3.8, 4) is 0 Å². The van der Waals surface area contributed by atoms with Crippen LogP contribution in [0.25, 0.3) is 6.08 Å². The van der Waals surface area contributed by atoms with Gasteiger partial charge in [0.2, 0.25) is 11.8 Å². The molecule has 0 aliphatic carbocycles. The summed E-state index contributed by atoms with van der Waals surface area (Å²) in [5.41, 5.74) is 0.972. The third kappa shape index (κ3) is 4.77. The molecule has 4 nitrogen and oxygen atoms in total. The Morgan fingerprint density at radius 3 is 2.77 bits per heavy atom. The first-order chi connectivity index (χ1) is 10.7. The lowest BCUT2D eigenvalue weighted by Gasteiger charge is -2.23. The number of rotatable bonds is 5. The summed E-state index contributed by atoms with van der Waals surface area (Å²) in [6.07, 6.45) is 8.22. The first-order valence-electron chi connectivity index (χ1n) is 7.24. The Labute approximate surface area is 135 Å². The number of hydrogen-bond donors (Lipinski definition) is 1. The van der Waals surface area contributed by atoms with Gasteiger partial charge in [-0.1, -0.05) is 30.3 Å². The molecule has 1 aromatic carbocycles. The van der Waals surface area contributed by atoms with Gasteiger partial charge in [0.05, 0.1) is 0 Å². The maximum atomic E-state index is 12.0. The number of thioether (sulfide) groups is 1. The van der Waals surface area contributed by atoms with E-state index in [0.29, 0.717) is 6.54 Å². The molecule has 0 bridgehead atoms. The number of nitrogens with zero attached hydrogens (tertiary/aromatic N) is 1. The number of carbonyl (C=O) groups is 2. The van der Waals surface area contributed by atoms with E-state index in [1.54, 1.807) is 22.5 Å². The van der Waals surface area contributed by atoms with Gasteiger partial charge in [-0.3, -0.25) is 9.59 Å². The Kier molecular flexibility index (Phi) is 6.27. The lowest BCUT2D eigenvalue weighted by molar-refractivity contribution is -0.128. The fourth-order valence-corrected chi connectivity index (χ4v) is 2.60. The lowest BCUT2D eigenvalue weighted by Crippen LogP contribution is -2.46. The number of likely N-dealkylation sites (tertiary alicyclic amines) is 1. The second kappa shape index (κ2) is 8.44. The van der Waals surface area contributed by atoms with E-state index in [-0.39, 0.29) is 18.0 Å². The van der Waals surface area contributed by atoms with Gasteiger partial charge in [-0.25, -0.2) is 0 Å². The van der Waals surface area contributed by atoms with Crippen LogP contribution in [-0.2, 0) is 9.59 Å². The fraction of sp³-hybridized carbons (Fsp3) is 0.294. The molecule has 116 valence electrons. The number of amides is 2. The van der Waals surface area contributed by atoms with Crippen LogP contribution < -0.4 is 5.32 Å². The Balaban J connectivity index is 1.91. The number of carbonyl (C=O) groups excluding carboxylic acids is 2. The molecule has 5 heteroatoms.